The van der Waals surface area contributed by atoms with Crippen molar-refractivity contribution < 1.29 is 22.8 Å². The fourth-order valence-electron chi connectivity index (χ4n) is 6.14. The summed E-state index contributed by atoms with van der Waals surface area (Å²) >= 11 is 0. The van der Waals surface area contributed by atoms with E-state index in [9.17, 15) is 9.90 Å². The van der Waals surface area contributed by atoms with Crippen molar-refractivity contribution in [2.24, 2.45) is 0 Å². The van der Waals surface area contributed by atoms with E-state index in [1.807, 2.05) is 0 Å². The third-order valence-electron chi connectivity index (χ3n) is 7.42. The fourth-order valence-corrected chi connectivity index (χ4v) is 20.2. The van der Waals surface area contributed by atoms with Crippen LogP contribution in [0.2, 0.25) is 20.2 Å². The van der Waals surface area contributed by atoms with Crippen molar-refractivity contribution in [2.75, 3.05) is 12.3 Å². The Morgan fingerprint density at radius 3 is 1.89 bits per heavy atom. The monoisotopic (exact) mass is 541 g/mol. The number of fused-ring (bicyclic) bond motifs is 1. The summed E-state index contributed by atoms with van der Waals surface area (Å²) in [6.45, 7) is 26.2. The second kappa shape index (κ2) is 8.99. The molecule has 2 aliphatic rings. The summed E-state index contributed by atoms with van der Waals surface area (Å²) in [5, 5.41) is 10.2. The number of rotatable bonds is 1. The van der Waals surface area contributed by atoms with Gasteiger partial charge in [0.25, 0.3) is 0 Å². The number of nitrogens with zero attached hydrogens (tertiary/aromatic N) is 2. The Hall–Kier alpha value is -1.09. The molecule has 0 aliphatic carbocycles. The second-order valence-corrected chi connectivity index (χ2v) is 24.1. The molecule has 0 saturated carbocycles. The zero-order valence-corrected chi connectivity index (χ0v) is 26.1. The van der Waals surface area contributed by atoms with Gasteiger partial charge in [0.05, 0.1) is 6.61 Å². The normalized spacial score (nSPS) is 29.4. The summed E-state index contributed by atoms with van der Waals surface area (Å²) in [4.78, 5) is 16.4. The molecule has 3 rings (SSSR count). The van der Waals surface area contributed by atoms with Crippen LogP contribution in [0.5, 0.6) is 0 Å². The number of nitrogen functional groups attached to an aromatic ring is 1. The fraction of sp³-hybridized carbons (Fsp3) is 0.840. The van der Waals surface area contributed by atoms with Crippen molar-refractivity contribution in [3.63, 3.8) is 0 Å². The van der Waals surface area contributed by atoms with Gasteiger partial charge >= 0.3 is 22.8 Å². The molecule has 206 valence electrons. The molecule has 4 atom stereocenters. The first kappa shape index (κ1) is 29.5. The van der Waals surface area contributed by atoms with Crippen LogP contribution in [0.3, 0.4) is 0 Å². The van der Waals surface area contributed by atoms with Gasteiger partial charge < -0.3 is 28.5 Å². The lowest BCUT2D eigenvalue weighted by molar-refractivity contribution is -0.0636. The lowest BCUT2D eigenvalue weighted by Crippen LogP contribution is -2.72. The van der Waals surface area contributed by atoms with Gasteiger partial charge in [0.2, 0.25) is 0 Å². The predicted molar refractivity (Wildman–Crippen MR) is 145 cm³/mol. The van der Waals surface area contributed by atoms with Gasteiger partial charge in [-0.05, 0) is 6.07 Å². The van der Waals surface area contributed by atoms with E-state index >= 15 is 0 Å². The molecule has 0 amide bonds. The zero-order valence-electron chi connectivity index (χ0n) is 24.1. The van der Waals surface area contributed by atoms with E-state index in [2.05, 4.69) is 88.1 Å². The molecule has 11 heteroatoms. The minimum atomic E-state index is -3.23. The summed E-state index contributed by atoms with van der Waals surface area (Å²) in [6, 6.07) is 1.51. The highest BCUT2D eigenvalue weighted by Gasteiger charge is 2.71. The summed E-state index contributed by atoms with van der Waals surface area (Å²) in [5.41, 5.74) is 5.09. The average Bonchev–Trinajstić information content (AvgIpc) is 2.92. The van der Waals surface area contributed by atoms with Crippen molar-refractivity contribution >= 4 is 22.9 Å². The van der Waals surface area contributed by atoms with E-state index in [-0.39, 0.29) is 32.6 Å². The predicted octanol–water partition coefficient (Wildman–Crippen LogP) is 4.60. The van der Waals surface area contributed by atoms with Crippen LogP contribution in [-0.4, -0.2) is 56.7 Å². The van der Waals surface area contributed by atoms with Crippen LogP contribution in [0.25, 0.3) is 0 Å². The first-order valence-corrected chi connectivity index (χ1v) is 16.4. The molecule has 1 aromatic heterocycles. The Kier molecular flexibility index (Phi) is 7.36. The van der Waals surface area contributed by atoms with Gasteiger partial charge in [0.1, 0.15) is 24.1 Å². The van der Waals surface area contributed by atoms with Crippen molar-refractivity contribution in [2.45, 2.75) is 128 Å². The minimum absolute atomic E-state index is 0.112. The number of hydrogen-bond acceptors (Lipinski definition) is 8. The molecule has 36 heavy (non-hydrogen) atoms. The molecule has 1 aromatic rings. The highest BCUT2D eigenvalue weighted by Crippen LogP contribution is 2.62. The number of nitrogens with two attached hydrogens (primary N) is 1. The Bertz CT molecular complexity index is 991. The van der Waals surface area contributed by atoms with Gasteiger partial charge in [-0.1, -0.05) is 83.1 Å². The van der Waals surface area contributed by atoms with E-state index in [0.29, 0.717) is 0 Å². The second-order valence-electron chi connectivity index (χ2n) is 14.3. The highest BCUT2D eigenvalue weighted by molar-refractivity contribution is 6.86. The molecular formula is C25H47N3O6Si2. The Morgan fingerprint density at radius 1 is 0.944 bits per heavy atom. The van der Waals surface area contributed by atoms with Gasteiger partial charge in [-0.15, -0.1) is 0 Å². The summed E-state index contributed by atoms with van der Waals surface area (Å²) in [6.07, 6.45) is -1.94. The third-order valence-corrected chi connectivity index (χ3v) is 18.8. The third kappa shape index (κ3) is 4.65. The molecule has 9 nitrogen and oxygen atoms in total. The van der Waals surface area contributed by atoms with E-state index < -0.39 is 47.4 Å². The average molecular weight is 542 g/mol. The first-order chi connectivity index (χ1) is 16.1. The van der Waals surface area contributed by atoms with Gasteiger partial charge in [0.15, 0.2) is 6.23 Å². The lowest BCUT2D eigenvalue weighted by Gasteiger charge is -2.60. The number of ether oxygens (including phenoxy) is 1. The topological polar surface area (TPSA) is 118 Å². The van der Waals surface area contributed by atoms with Crippen molar-refractivity contribution in [3.05, 3.63) is 22.7 Å². The van der Waals surface area contributed by atoms with Gasteiger partial charge in [-0.25, -0.2) is 4.79 Å². The molecular weight excluding hydrogens is 494 g/mol. The van der Waals surface area contributed by atoms with E-state index in [1.54, 1.807) is 0 Å². The van der Waals surface area contributed by atoms with E-state index in [4.69, 9.17) is 23.4 Å². The van der Waals surface area contributed by atoms with Gasteiger partial charge in [0, 0.05) is 26.3 Å². The van der Waals surface area contributed by atoms with Crippen molar-refractivity contribution in [3.8, 4) is 0 Å². The van der Waals surface area contributed by atoms with Crippen LogP contribution in [-0.2, 0) is 17.7 Å². The van der Waals surface area contributed by atoms with Crippen LogP contribution in [0.4, 0.5) is 5.82 Å². The minimum Gasteiger partial charge on any atom is -0.413 e. The quantitative estimate of drug-likeness (QED) is 0.495. The maximum absolute atomic E-state index is 12.6. The number of hydrogen-bond donors (Lipinski definition) is 2. The molecule has 0 spiro atoms. The standard InChI is InChI=1S/C25H47N3O6Si2/c1-22(2,3)35(23(4,5)6)31-15-16-19(33-36(34-35,24(7,8)9)25(10,11)12)18(29)20(32-16)28-14-13-17(26)27-21(28)30/h13-14,16,18-20,29H,15H2,1-12H3,(H2,26,27,30). The number of anilines is 1. The molecule has 4 unspecified atom stereocenters. The number of aromatic nitrogens is 2. The Labute approximate surface area is 218 Å². The first-order valence-electron chi connectivity index (χ1n) is 12.8. The molecule has 0 bridgehead atoms. The molecule has 0 radical (unpaired) electrons. The van der Waals surface area contributed by atoms with Crippen molar-refractivity contribution in [1.29, 1.82) is 0 Å². The lowest BCUT2D eigenvalue weighted by atomic mass is 10.1. The van der Waals surface area contributed by atoms with Gasteiger partial charge in [-0.3, -0.25) is 4.57 Å². The van der Waals surface area contributed by atoms with Crippen LogP contribution in [0, 0.1) is 0 Å². The Balaban J connectivity index is 2.23. The van der Waals surface area contributed by atoms with Crippen molar-refractivity contribution in [1.82, 2.24) is 9.55 Å². The van der Waals surface area contributed by atoms with E-state index in [1.165, 1.54) is 16.8 Å². The van der Waals surface area contributed by atoms with Gasteiger partial charge in [-0.2, -0.15) is 4.98 Å². The molecule has 2 fully saturated rings. The summed E-state index contributed by atoms with van der Waals surface area (Å²) < 4.78 is 29.2. The number of aliphatic hydroxyl groups is 1. The SMILES string of the molecule is CC(C)(C)[Si]1(C(C)(C)C)OCC2OC(n3ccc(N)nc3=O)C(O)C2O[Si](C(C)(C)C)(C(C)(C)C)O1. The largest absolute Gasteiger partial charge is 0.413 e. The maximum Gasteiger partial charge on any atom is 0.351 e. The summed E-state index contributed by atoms with van der Waals surface area (Å²) in [7, 11) is -6.28. The van der Waals surface area contributed by atoms with Crippen LogP contribution in [0.15, 0.2) is 17.1 Å². The molecule has 2 aliphatic heterocycles. The molecule has 3 heterocycles. The Morgan fingerprint density at radius 2 is 1.44 bits per heavy atom. The van der Waals surface area contributed by atoms with Crippen LogP contribution in [0.1, 0.15) is 89.3 Å². The van der Waals surface area contributed by atoms with E-state index in [0.717, 1.165) is 0 Å². The smallest absolute Gasteiger partial charge is 0.351 e. The zero-order chi connectivity index (χ0) is 27.7. The summed E-state index contributed by atoms with van der Waals surface area (Å²) in [5.74, 6) is 0.112. The molecule has 3 N–H and O–H groups in total. The molecule has 0 aromatic carbocycles. The van der Waals surface area contributed by atoms with Crippen LogP contribution >= 0.6 is 0 Å². The maximum atomic E-state index is 12.6. The molecule has 2 saturated heterocycles. The number of aliphatic hydroxyl groups excluding tert-OH is 1. The highest BCUT2D eigenvalue weighted by atomic mass is 28.5. The van der Waals surface area contributed by atoms with Crippen LogP contribution < -0.4 is 11.4 Å².